The summed E-state index contributed by atoms with van der Waals surface area (Å²) in [6, 6.07) is 4.68. The van der Waals surface area contributed by atoms with Crippen LogP contribution in [0.2, 0.25) is 0 Å². The Hall–Kier alpha value is -2.22. The van der Waals surface area contributed by atoms with E-state index < -0.39 is 4.92 Å². The molecule has 7 nitrogen and oxygen atoms in total. The number of carbonyl (C=O) groups excluding carboxylic acids is 1. The van der Waals surface area contributed by atoms with Crippen LogP contribution in [0.25, 0.3) is 10.2 Å². The molecule has 0 radical (unpaired) electrons. The topological polar surface area (TPSA) is 102 Å². The number of anilines is 1. The molecule has 1 fully saturated rings. The highest BCUT2D eigenvalue weighted by molar-refractivity contribution is 7.22. The van der Waals surface area contributed by atoms with Gasteiger partial charge >= 0.3 is 0 Å². The number of fused-ring (bicyclic) bond motifs is 1. The van der Waals surface area contributed by atoms with Gasteiger partial charge in [-0.15, -0.1) is 0 Å². The van der Waals surface area contributed by atoms with E-state index in [1.54, 1.807) is 12.1 Å². The Bertz CT molecular complexity index is 707. The molecule has 1 aromatic heterocycles. The molecule has 0 bridgehead atoms. The summed E-state index contributed by atoms with van der Waals surface area (Å²) in [5.41, 5.74) is 6.16. The normalized spacial score (nSPS) is 16.3. The molecule has 0 atom stereocenters. The van der Waals surface area contributed by atoms with E-state index in [4.69, 9.17) is 5.73 Å². The third-order valence-corrected chi connectivity index (χ3v) is 4.82. The van der Waals surface area contributed by atoms with Gasteiger partial charge in [0.25, 0.3) is 5.69 Å². The van der Waals surface area contributed by atoms with Gasteiger partial charge in [-0.05, 0) is 18.9 Å². The van der Waals surface area contributed by atoms with Gasteiger partial charge < -0.3 is 10.6 Å². The number of nitrogens with zero attached hydrogens (tertiary/aromatic N) is 3. The molecule has 0 aliphatic carbocycles. The van der Waals surface area contributed by atoms with Crippen LogP contribution in [0.5, 0.6) is 0 Å². The first kappa shape index (κ1) is 13.7. The largest absolute Gasteiger partial charge is 0.369 e. The Morgan fingerprint density at radius 1 is 1.43 bits per heavy atom. The minimum absolute atomic E-state index is 0.0586. The van der Waals surface area contributed by atoms with Crippen LogP contribution < -0.4 is 10.6 Å². The Labute approximate surface area is 124 Å². The maximum atomic E-state index is 11.2. The van der Waals surface area contributed by atoms with Crippen molar-refractivity contribution in [3.05, 3.63) is 28.3 Å². The predicted molar refractivity (Wildman–Crippen MR) is 80.4 cm³/mol. The van der Waals surface area contributed by atoms with Crippen molar-refractivity contribution < 1.29 is 9.72 Å². The summed E-state index contributed by atoms with van der Waals surface area (Å²) < 4.78 is 0.802. The van der Waals surface area contributed by atoms with Crippen LogP contribution in [-0.2, 0) is 4.79 Å². The first-order valence-corrected chi connectivity index (χ1v) is 7.45. The van der Waals surface area contributed by atoms with E-state index in [1.165, 1.54) is 17.4 Å². The molecule has 3 rings (SSSR count). The Balaban J connectivity index is 1.82. The number of nitro groups is 1. The van der Waals surface area contributed by atoms with Crippen LogP contribution in [0.15, 0.2) is 18.2 Å². The van der Waals surface area contributed by atoms with E-state index in [-0.39, 0.29) is 17.5 Å². The quantitative estimate of drug-likeness (QED) is 0.689. The van der Waals surface area contributed by atoms with Crippen molar-refractivity contribution in [2.75, 3.05) is 18.0 Å². The van der Waals surface area contributed by atoms with Crippen molar-refractivity contribution in [3.8, 4) is 0 Å². The fourth-order valence-electron chi connectivity index (χ4n) is 2.51. The standard InChI is InChI=1S/C13H14N4O3S/c14-12(18)8-3-5-16(6-4-8)13-15-10-2-1-9(17(19)20)7-11(10)21-13/h1-2,7-8H,3-6H2,(H2,14,18). The Kier molecular flexibility index (Phi) is 3.46. The molecule has 1 aliphatic rings. The lowest BCUT2D eigenvalue weighted by Gasteiger charge is -2.30. The van der Waals surface area contributed by atoms with Crippen LogP contribution >= 0.6 is 11.3 Å². The molecular weight excluding hydrogens is 292 g/mol. The lowest BCUT2D eigenvalue weighted by atomic mass is 9.97. The molecule has 21 heavy (non-hydrogen) atoms. The lowest BCUT2D eigenvalue weighted by molar-refractivity contribution is -0.384. The smallest absolute Gasteiger partial charge is 0.270 e. The maximum absolute atomic E-state index is 11.2. The van der Waals surface area contributed by atoms with Crippen molar-refractivity contribution in [2.45, 2.75) is 12.8 Å². The van der Waals surface area contributed by atoms with Gasteiger partial charge in [-0.3, -0.25) is 14.9 Å². The number of hydrogen-bond donors (Lipinski definition) is 1. The number of benzene rings is 1. The zero-order valence-corrected chi connectivity index (χ0v) is 12.0. The number of nitrogens with two attached hydrogens (primary N) is 1. The molecule has 1 aliphatic heterocycles. The van der Waals surface area contributed by atoms with Crippen molar-refractivity contribution in [1.82, 2.24) is 4.98 Å². The second kappa shape index (κ2) is 5.28. The van der Waals surface area contributed by atoms with Crippen LogP contribution in [-0.4, -0.2) is 28.9 Å². The second-order valence-electron chi connectivity index (χ2n) is 5.07. The number of carbonyl (C=O) groups is 1. The predicted octanol–water partition coefficient (Wildman–Crippen LogP) is 1.91. The molecule has 2 aromatic rings. The zero-order valence-electron chi connectivity index (χ0n) is 11.2. The molecule has 8 heteroatoms. The molecule has 1 aromatic carbocycles. The third-order valence-electron chi connectivity index (χ3n) is 3.74. The number of rotatable bonds is 3. The fraction of sp³-hybridized carbons (Fsp3) is 0.385. The number of non-ortho nitro benzene ring substituents is 1. The lowest BCUT2D eigenvalue weighted by Crippen LogP contribution is -2.38. The Morgan fingerprint density at radius 3 is 2.76 bits per heavy atom. The summed E-state index contributed by atoms with van der Waals surface area (Å²) in [4.78, 5) is 28.2. The molecule has 0 spiro atoms. The molecule has 2 heterocycles. The van der Waals surface area contributed by atoms with Crippen LogP contribution in [0.1, 0.15) is 12.8 Å². The van der Waals surface area contributed by atoms with Gasteiger partial charge in [-0.25, -0.2) is 4.98 Å². The number of piperidine rings is 1. The number of hydrogen-bond acceptors (Lipinski definition) is 6. The summed E-state index contributed by atoms with van der Waals surface area (Å²) in [6.07, 6.45) is 1.46. The van der Waals surface area contributed by atoms with Crippen molar-refractivity contribution in [3.63, 3.8) is 0 Å². The Morgan fingerprint density at radius 2 is 2.14 bits per heavy atom. The van der Waals surface area contributed by atoms with Gasteiger partial charge in [0.2, 0.25) is 5.91 Å². The highest BCUT2D eigenvalue weighted by Gasteiger charge is 2.25. The molecule has 1 amide bonds. The van der Waals surface area contributed by atoms with Crippen LogP contribution in [0.3, 0.4) is 0 Å². The number of primary amides is 1. The number of nitro benzene ring substituents is 1. The highest BCUT2D eigenvalue weighted by Crippen LogP contribution is 2.33. The van der Waals surface area contributed by atoms with E-state index in [1.807, 2.05) is 0 Å². The second-order valence-corrected chi connectivity index (χ2v) is 6.08. The highest BCUT2D eigenvalue weighted by atomic mass is 32.1. The number of amides is 1. The molecule has 110 valence electrons. The minimum atomic E-state index is -0.406. The van der Waals surface area contributed by atoms with E-state index in [9.17, 15) is 14.9 Å². The minimum Gasteiger partial charge on any atom is -0.369 e. The fourth-order valence-corrected chi connectivity index (χ4v) is 3.56. The molecular formula is C13H14N4O3S. The third kappa shape index (κ3) is 2.66. The molecule has 0 unspecified atom stereocenters. The summed E-state index contributed by atoms with van der Waals surface area (Å²) >= 11 is 1.44. The van der Waals surface area contributed by atoms with E-state index in [2.05, 4.69) is 9.88 Å². The van der Waals surface area contributed by atoms with Crippen molar-refractivity contribution in [2.24, 2.45) is 11.7 Å². The monoisotopic (exact) mass is 306 g/mol. The number of aromatic nitrogens is 1. The first-order valence-electron chi connectivity index (χ1n) is 6.64. The molecule has 2 N–H and O–H groups in total. The molecule has 0 saturated carbocycles. The maximum Gasteiger partial charge on any atom is 0.270 e. The summed E-state index contributed by atoms with van der Waals surface area (Å²) in [7, 11) is 0. The average molecular weight is 306 g/mol. The van der Waals surface area contributed by atoms with Gasteiger partial charge in [0.05, 0.1) is 15.1 Å². The first-order chi connectivity index (χ1) is 10.0. The van der Waals surface area contributed by atoms with Crippen LogP contribution in [0, 0.1) is 16.0 Å². The van der Waals surface area contributed by atoms with Gasteiger partial charge in [0.15, 0.2) is 5.13 Å². The van der Waals surface area contributed by atoms with E-state index >= 15 is 0 Å². The SMILES string of the molecule is NC(=O)C1CCN(c2nc3ccc([N+](=O)[O-])cc3s2)CC1. The average Bonchev–Trinajstić information content (AvgIpc) is 2.90. The summed E-state index contributed by atoms with van der Waals surface area (Å²) in [5.74, 6) is -0.300. The summed E-state index contributed by atoms with van der Waals surface area (Å²) in [6.45, 7) is 1.46. The zero-order chi connectivity index (χ0) is 15.0. The number of thiazole rings is 1. The van der Waals surface area contributed by atoms with Gasteiger partial charge in [-0.2, -0.15) is 0 Å². The van der Waals surface area contributed by atoms with Crippen molar-refractivity contribution >= 4 is 38.3 Å². The van der Waals surface area contributed by atoms with Crippen LogP contribution in [0.4, 0.5) is 10.8 Å². The van der Waals surface area contributed by atoms with E-state index in [0.29, 0.717) is 0 Å². The van der Waals surface area contributed by atoms with E-state index in [0.717, 1.165) is 41.3 Å². The van der Waals surface area contributed by atoms with Crippen molar-refractivity contribution in [1.29, 1.82) is 0 Å². The van der Waals surface area contributed by atoms with Gasteiger partial charge in [0, 0.05) is 31.1 Å². The summed E-state index contributed by atoms with van der Waals surface area (Å²) in [5, 5.41) is 11.6. The molecule has 1 saturated heterocycles. The van der Waals surface area contributed by atoms with Gasteiger partial charge in [-0.1, -0.05) is 11.3 Å². The van der Waals surface area contributed by atoms with Gasteiger partial charge in [0.1, 0.15) is 0 Å².